The molecule has 12 heavy (non-hydrogen) atoms. The molecule has 0 saturated heterocycles. The summed E-state index contributed by atoms with van der Waals surface area (Å²) in [4.78, 5) is 11.5. The number of nitrogens with zero attached hydrogens (tertiary/aromatic N) is 2. The van der Waals surface area contributed by atoms with Gasteiger partial charge in [-0.2, -0.15) is 14.0 Å². The molecule has 1 atom stereocenters. The van der Waals surface area contributed by atoms with Crippen LogP contribution in [0.2, 0.25) is 0 Å². The molecule has 3 nitrogen and oxygen atoms in total. The molecule has 1 unspecified atom stereocenters. The number of nitriles is 1. The van der Waals surface area contributed by atoms with Crippen LogP contribution >= 0.6 is 0 Å². The number of halogens is 2. The maximum Gasteiger partial charge on any atom is 0.315 e. The van der Waals surface area contributed by atoms with Gasteiger partial charge in [0.1, 0.15) is 0 Å². The van der Waals surface area contributed by atoms with Gasteiger partial charge >= 0.3 is 6.43 Å². The summed E-state index contributed by atoms with van der Waals surface area (Å²) in [6, 6.07) is 1.34. The van der Waals surface area contributed by atoms with Crippen molar-refractivity contribution >= 4 is 5.91 Å². The second-order valence-corrected chi connectivity index (χ2v) is 2.46. The number of hydrogen-bond donors (Lipinski definition) is 0. The van der Waals surface area contributed by atoms with Crippen LogP contribution in [0.3, 0.4) is 0 Å². The van der Waals surface area contributed by atoms with Crippen molar-refractivity contribution < 1.29 is 13.6 Å². The first-order valence-electron chi connectivity index (χ1n) is 3.42. The highest BCUT2D eigenvalue weighted by atomic mass is 19.3. The van der Waals surface area contributed by atoms with Crippen LogP contribution in [-0.2, 0) is 4.79 Å². The van der Waals surface area contributed by atoms with E-state index < -0.39 is 18.4 Å². The van der Waals surface area contributed by atoms with Crippen LogP contribution in [0.4, 0.5) is 8.78 Å². The summed E-state index contributed by atoms with van der Waals surface area (Å²) in [5.41, 5.74) is 0. The fourth-order valence-corrected chi connectivity index (χ4v) is 0.640. The van der Waals surface area contributed by atoms with Crippen LogP contribution < -0.4 is 0 Å². The summed E-state index contributed by atoms with van der Waals surface area (Å²) in [5.74, 6) is -1.24. The lowest BCUT2D eigenvalue weighted by Crippen LogP contribution is -2.38. The van der Waals surface area contributed by atoms with E-state index in [1.54, 1.807) is 13.0 Å². The molecule has 0 aromatic carbocycles. The second-order valence-electron chi connectivity index (χ2n) is 2.46. The van der Waals surface area contributed by atoms with E-state index in [0.29, 0.717) is 0 Å². The molecule has 0 aromatic rings. The van der Waals surface area contributed by atoms with Crippen molar-refractivity contribution in [3.05, 3.63) is 0 Å². The van der Waals surface area contributed by atoms with Crippen LogP contribution in [0, 0.1) is 11.3 Å². The van der Waals surface area contributed by atoms with E-state index in [4.69, 9.17) is 5.26 Å². The molecule has 5 heteroatoms. The van der Waals surface area contributed by atoms with Crippen molar-refractivity contribution in [2.24, 2.45) is 0 Å². The van der Waals surface area contributed by atoms with E-state index in [0.717, 1.165) is 4.90 Å². The molecule has 0 aliphatic heterocycles. The third-order valence-corrected chi connectivity index (χ3v) is 1.58. The largest absolute Gasteiger partial charge is 0.337 e. The molecule has 0 heterocycles. The first-order chi connectivity index (χ1) is 5.50. The molecule has 0 radical (unpaired) electrons. The van der Waals surface area contributed by atoms with E-state index in [1.165, 1.54) is 7.05 Å². The molecule has 0 saturated carbocycles. The molecule has 0 N–H and O–H groups in total. The predicted octanol–water partition coefficient (Wildman–Crippen LogP) is 1.01. The topological polar surface area (TPSA) is 44.1 Å². The average molecular weight is 176 g/mol. The van der Waals surface area contributed by atoms with Gasteiger partial charge in [0.05, 0.1) is 12.5 Å². The van der Waals surface area contributed by atoms with E-state index in [1.807, 2.05) is 0 Å². The Morgan fingerprint density at radius 3 is 2.50 bits per heavy atom. The van der Waals surface area contributed by atoms with Crippen LogP contribution in [0.15, 0.2) is 0 Å². The lowest BCUT2D eigenvalue weighted by Gasteiger charge is -2.22. The zero-order valence-electron chi connectivity index (χ0n) is 6.92. The monoisotopic (exact) mass is 176 g/mol. The van der Waals surface area contributed by atoms with Gasteiger partial charge in [-0.15, -0.1) is 0 Å². The summed E-state index contributed by atoms with van der Waals surface area (Å²) >= 11 is 0. The SMILES string of the molecule is CC(CC#N)N(C)C(=O)C(F)F. The highest BCUT2D eigenvalue weighted by Crippen LogP contribution is 2.05. The van der Waals surface area contributed by atoms with Crippen molar-refractivity contribution in [1.82, 2.24) is 4.90 Å². The summed E-state index contributed by atoms with van der Waals surface area (Å²) in [7, 11) is 1.26. The zero-order chi connectivity index (χ0) is 9.72. The number of amides is 1. The molecule has 0 spiro atoms. The molecule has 0 fully saturated rings. The quantitative estimate of drug-likeness (QED) is 0.644. The lowest BCUT2D eigenvalue weighted by atomic mass is 10.2. The second kappa shape index (κ2) is 4.65. The Morgan fingerprint density at radius 2 is 2.17 bits per heavy atom. The molecule has 0 aliphatic rings. The standard InChI is InChI=1S/C7H10F2N2O/c1-5(3-4-10)11(2)7(12)6(8)9/h5-6H,3H2,1-2H3. The molecule has 0 aliphatic carbocycles. The number of hydrogen-bond acceptors (Lipinski definition) is 2. The first-order valence-corrected chi connectivity index (χ1v) is 3.42. The van der Waals surface area contributed by atoms with Gasteiger partial charge in [-0.3, -0.25) is 4.79 Å². The van der Waals surface area contributed by atoms with Crippen LogP contribution in [0.25, 0.3) is 0 Å². The smallest absolute Gasteiger partial charge is 0.315 e. The normalized spacial score (nSPS) is 12.3. The predicted molar refractivity (Wildman–Crippen MR) is 38.5 cm³/mol. The Labute approximate surface area is 69.6 Å². The van der Waals surface area contributed by atoms with Crippen molar-refractivity contribution in [1.29, 1.82) is 5.26 Å². The molecular formula is C7H10F2N2O. The summed E-state index contributed by atoms with van der Waals surface area (Å²) in [6.07, 6.45) is -2.93. The minimum Gasteiger partial charge on any atom is -0.337 e. The van der Waals surface area contributed by atoms with E-state index in [-0.39, 0.29) is 6.42 Å². The minimum atomic E-state index is -2.99. The Kier molecular flexibility index (Phi) is 4.19. The van der Waals surface area contributed by atoms with Gasteiger partial charge in [0.25, 0.3) is 5.91 Å². The van der Waals surface area contributed by atoms with E-state index in [2.05, 4.69) is 0 Å². The van der Waals surface area contributed by atoms with Gasteiger partial charge in [0.15, 0.2) is 0 Å². The molecule has 68 valence electrons. The van der Waals surface area contributed by atoms with Gasteiger partial charge in [-0.05, 0) is 6.92 Å². The van der Waals surface area contributed by atoms with Gasteiger partial charge in [0.2, 0.25) is 0 Å². The molecule has 0 rings (SSSR count). The molecule has 0 bridgehead atoms. The highest BCUT2D eigenvalue weighted by Gasteiger charge is 2.23. The van der Waals surface area contributed by atoms with Gasteiger partial charge in [-0.1, -0.05) is 0 Å². The summed E-state index contributed by atoms with van der Waals surface area (Å²) < 4.78 is 23.6. The number of rotatable bonds is 3. The zero-order valence-corrected chi connectivity index (χ0v) is 6.92. The Bertz CT molecular complexity index is 200. The lowest BCUT2D eigenvalue weighted by molar-refractivity contribution is -0.143. The van der Waals surface area contributed by atoms with E-state index >= 15 is 0 Å². The summed E-state index contributed by atoms with van der Waals surface area (Å²) in [5, 5.41) is 8.23. The Balaban J connectivity index is 4.11. The highest BCUT2D eigenvalue weighted by molar-refractivity contribution is 5.79. The number of carbonyl (C=O) groups excluding carboxylic acids is 1. The van der Waals surface area contributed by atoms with Crippen molar-refractivity contribution in [3.8, 4) is 6.07 Å². The molecule has 0 aromatic heterocycles. The average Bonchev–Trinajstić information content (AvgIpc) is 2.02. The Morgan fingerprint density at radius 1 is 1.67 bits per heavy atom. The van der Waals surface area contributed by atoms with Crippen molar-refractivity contribution in [2.45, 2.75) is 25.8 Å². The minimum absolute atomic E-state index is 0.0644. The van der Waals surface area contributed by atoms with Crippen LogP contribution in [0.5, 0.6) is 0 Å². The number of alkyl halides is 2. The van der Waals surface area contributed by atoms with Crippen LogP contribution in [-0.4, -0.2) is 30.3 Å². The third kappa shape index (κ3) is 2.82. The van der Waals surface area contributed by atoms with Gasteiger partial charge < -0.3 is 4.90 Å². The molecular weight excluding hydrogens is 166 g/mol. The third-order valence-electron chi connectivity index (χ3n) is 1.58. The molecule has 1 amide bonds. The van der Waals surface area contributed by atoms with Crippen molar-refractivity contribution in [2.75, 3.05) is 7.05 Å². The van der Waals surface area contributed by atoms with Crippen molar-refractivity contribution in [3.63, 3.8) is 0 Å². The fourth-order valence-electron chi connectivity index (χ4n) is 0.640. The van der Waals surface area contributed by atoms with Gasteiger partial charge in [-0.25, -0.2) is 0 Å². The first kappa shape index (κ1) is 10.8. The fraction of sp³-hybridized carbons (Fsp3) is 0.714. The summed E-state index contributed by atoms with van der Waals surface area (Å²) in [6.45, 7) is 1.55. The van der Waals surface area contributed by atoms with E-state index in [9.17, 15) is 13.6 Å². The Hall–Kier alpha value is -1.18. The maximum absolute atomic E-state index is 11.8. The number of carbonyl (C=O) groups is 1. The maximum atomic E-state index is 11.8. The van der Waals surface area contributed by atoms with Crippen LogP contribution in [0.1, 0.15) is 13.3 Å². The van der Waals surface area contributed by atoms with Gasteiger partial charge in [0, 0.05) is 13.1 Å².